The highest BCUT2D eigenvalue weighted by Gasteiger charge is 2.25. The summed E-state index contributed by atoms with van der Waals surface area (Å²) in [5, 5.41) is 3.62. The van der Waals surface area contributed by atoms with Crippen molar-refractivity contribution in [2.75, 3.05) is 5.32 Å². The minimum Gasteiger partial charge on any atom is -0.382 e. The number of anilines is 1. The van der Waals surface area contributed by atoms with Crippen molar-refractivity contribution in [1.29, 1.82) is 0 Å². The Kier molecular flexibility index (Phi) is 4.86. The van der Waals surface area contributed by atoms with E-state index in [0.29, 0.717) is 12.0 Å². The first-order chi connectivity index (χ1) is 8.81. The highest BCUT2D eigenvalue weighted by molar-refractivity contribution is 5.43. The Bertz CT molecular complexity index is 351. The van der Waals surface area contributed by atoms with Crippen molar-refractivity contribution in [1.82, 2.24) is 0 Å². The van der Waals surface area contributed by atoms with Crippen LogP contribution in [0.3, 0.4) is 0 Å². The van der Waals surface area contributed by atoms with Crippen LogP contribution in [0.15, 0.2) is 43.0 Å². The van der Waals surface area contributed by atoms with Crippen molar-refractivity contribution >= 4 is 5.69 Å². The number of rotatable bonds is 5. The molecule has 18 heavy (non-hydrogen) atoms. The molecule has 1 saturated carbocycles. The molecular weight excluding hydrogens is 218 g/mol. The lowest BCUT2D eigenvalue weighted by Crippen LogP contribution is -2.31. The van der Waals surface area contributed by atoms with Crippen molar-refractivity contribution in [2.45, 2.75) is 45.1 Å². The van der Waals surface area contributed by atoms with Crippen LogP contribution in [-0.4, -0.2) is 6.04 Å². The zero-order valence-electron chi connectivity index (χ0n) is 11.4. The first kappa shape index (κ1) is 13.2. The van der Waals surface area contributed by atoms with Crippen molar-refractivity contribution in [3.05, 3.63) is 43.0 Å². The molecule has 2 unspecified atom stereocenters. The van der Waals surface area contributed by atoms with Crippen LogP contribution in [0.5, 0.6) is 0 Å². The number of para-hydroxylation sites is 1. The van der Waals surface area contributed by atoms with E-state index in [-0.39, 0.29) is 0 Å². The van der Waals surface area contributed by atoms with Crippen molar-refractivity contribution in [2.24, 2.45) is 11.8 Å². The Labute approximate surface area is 111 Å². The quantitative estimate of drug-likeness (QED) is 0.727. The van der Waals surface area contributed by atoms with Gasteiger partial charge in [0.1, 0.15) is 0 Å². The molecule has 0 spiro atoms. The zero-order valence-corrected chi connectivity index (χ0v) is 11.4. The molecule has 0 radical (unpaired) electrons. The minimum absolute atomic E-state index is 0.466. The number of nitrogens with one attached hydrogen (secondary N) is 1. The topological polar surface area (TPSA) is 12.0 Å². The van der Waals surface area contributed by atoms with Crippen LogP contribution in [0, 0.1) is 11.8 Å². The van der Waals surface area contributed by atoms with Gasteiger partial charge in [0, 0.05) is 11.7 Å². The van der Waals surface area contributed by atoms with Crippen LogP contribution < -0.4 is 5.32 Å². The summed E-state index contributed by atoms with van der Waals surface area (Å²) in [4.78, 5) is 0. The van der Waals surface area contributed by atoms with Crippen LogP contribution in [-0.2, 0) is 0 Å². The molecule has 1 aromatic rings. The Morgan fingerprint density at radius 1 is 1.17 bits per heavy atom. The maximum absolute atomic E-state index is 4.06. The maximum atomic E-state index is 4.06. The van der Waals surface area contributed by atoms with Gasteiger partial charge in [-0.15, -0.1) is 6.58 Å². The molecular formula is C17H25N. The molecule has 1 N–H and O–H groups in total. The van der Waals surface area contributed by atoms with Crippen LogP contribution in [0.25, 0.3) is 0 Å². The summed E-state index contributed by atoms with van der Waals surface area (Å²) >= 11 is 0. The molecule has 1 fully saturated rings. The maximum Gasteiger partial charge on any atom is 0.0342 e. The Morgan fingerprint density at radius 3 is 2.44 bits per heavy atom. The smallest absolute Gasteiger partial charge is 0.0342 e. The molecule has 0 heterocycles. The molecule has 1 aromatic carbocycles. The molecule has 0 aliphatic heterocycles. The van der Waals surface area contributed by atoms with Crippen LogP contribution in [0.1, 0.15) is 39.0 Å². The van der Waals surface area contributed by atoms with Gasteiger partial charge in [-0.05, 0) is 43.7 Å². The molecule has 1 nitrogen and oxygen atoms in total. The average molecular weight is 243 g/mol. The number of benzene rings is 1. The largest absolute Gasteiger partial charge is 0.382 e. The van der Waals surface area contributed by atoms with E-state index in [1.165, 1.54) is 37.8 Å². The Morgan fingerprint density at radius 2 is 1.83 bits per heavy atom. The van der Waals surface area contributed by atoms with Gasteiger partial charge in [0.2, 0.25) is 0 Å². The van der Waals surface area contributed by atoms with Gasteiger partial charge < -0.3 is 5.32 Å². The fourth-order valence-corrected chi connectivity index (χ4v) is 3.22. The SMILES string of the molecule is C=CC(C1CCCCC1)C(C)Nc1ccccc1. The second-order valence-electron chi connectivity index (χ2n) is 5.51. The first-order valence-corrected chi connectivity index (χ1v) is 7.25. The average Bonchev–Trinajstić information content (AvgIpc) is 2.42. The summed E-state index contributed by atoms with van der Waals surface area (Å²) in [6.45, 7) is 6.34. The van der Waals surface area contributed by atoms with Crippen molar-refractivity contribution in [3.63, 3.8) is 0 Å². The molecule has 2 atom stereocenters. The van der Waals surface area contributed by atoms with Gasteiger partial charge in [-0.1, -0.05) is 43.5 Å². The standard InChI is InChI=1S/C17H25N/c1-3-17(15-10-6-4-7-11-15)14(2)18-16-12-8-5-9-13-16/h3,5,8-9,12-15,17-18H,1,4,6-7,10-11H2,2H3. The molecule has 0 saturated heterocycles. The monoisotopic (exact) mass is 243 g/mol. The van der Waals surface area contributed by atoms with Crippen molar-refractivity contribution < 1.29 is 0 Å². The third-order valence-corrected chi connectivity index (χ3v) is 4.21. The highest BCUT2D eigenvalue weighted by atomic mass is 14.9. The molecule has 0 bridgehead atoms. The molecule has 0 aromatic heterocycles. The van der Waals surface area contributed by atoms with E-state index in [0.717, 1.165) is 5.92 Å². The number of hydrogen-bond donors (Lipinski definition) is 1. The molecule has 1 aliphatic rings. The minimum atomic E-state index is 0.466. The second kappa shape index (κ2) is 6.63. The van der Waals surface area contributed by atoms with Gasteiger partial charge in [-0.25, -0.2) is 0 Å². The van der Waals surface area contributed by atoms with Gasteiger partial charge in [-0.2, -0.15) is 0 Å². The molecule has 2 rings (SSSR count). The molecule has 98 valence electrons. The van der Waals surface area contributed by atoms with Gasteiger partial charge in [0.25, 0.3) is 0 Å². The predicted octanol–water partition coefficient (Wildman–Crippen LogP) is 4.87. The van der Waals surface area contributed by atoms with E-state index in [9.17, 15) is 0 Å². The summed E-state index contributed by atoms with van der Waals surface area (Å²) < 4.78 is 0. The van der Waals surface area contributed by atoms with E-state index in [2.05, 4.69) is 55.2 Å². The van der Waals surface area contributed by atoms with Gasteiger partial charge in [0.05, 0.1) is 0 Å². The van der Waals surface area contributed by atoms with E-state index in [1.807, 2.05) is 0 Å². The van der Waals surface area contributed by atoms with Crippen LogP contribution in [0.4, 0.5) is 5.69 Å². The zero-order chi connectivity index (χ0) is 12.8. The summed E-state index contributed by atoms with van der Waals surface area (Å²) in [6, 6.07) is 11.0. The lowest BCUT2D eigenvalue weighted by molar-refractivity contribution is 0.269. The van der Waals surface area contributed by atoms with Gasteiger partial charge in [0.15, 0.2) is 0 Å². The third kappa shape index (κ3) is 3.38. The normalized spacial score (nSPS) is 20.1. The Balaban J connectivity index is 1.96. The lowest BCUT2D eigenvalue weighted by atomic mass is 9.77. The van der Waals surface area contributed by atoms with Crippen molar-refractivity contribution in [3.8, 4) is 0 Å². The van der Waals surface area contributed by atoms with E-state index in [4.69, 9.17) is 0 Å². The van der Waals surface area contributed by atoms with E-state index < -0.39 is 0 Å². The Hall–Kier alpha value is -1.24. The van der Waals surface area contributed by atoms with E-state index >= 15 is 0 Å². The van der Waals surface area contributed by atoms with Crippen LogP contribution in [0.2, 0.25) is 0 Å². The summed E-state index contributed by atoms with van der Waals surface area (Å²) in [7, 11) is 0. The van der Waals surface area contributed by atoms with Gasteiger partial charge in [-0.3, -0.25) is 0 Å². The molecule has 1 aliphatic carbocycles. The second-order valence-corrected chi connectivity index (χ2v) is 5.51. The molecule has 1 heteroatoms. The van der Waals surface area contributed by atoms with Crippen LogP contribution >= 0.6 is 0 Å². The molecule has 0 amide bonds. The lowest BCUT2D eigenvalue weighted by Gasteiger charge is -2.33. The fraction of sp³-hybridized carbons (Fsp3) is 0.529. The third-order valence-electron chi connectivity index (χ3n) is 4.21. The first-order valence-electron chi connectivity index (χ1n) is 7.25. The van der Waals surface area contributed by atoms with Gasteiger partial charge >= 0.3 is 0 Å². The fourth-order valence-electron chi connectivity index (χ4n) is 3.22. The summed E-state index contributed by atoms with van der Waals surface area (Å²) in [5.41, 5.74) is 1.22. The summed E-state index contributed by atoms with van der Waals surface area (Å²) in [5.74, 6) is 1.41. The highest BCUT2D eigenvalue weighted by Crippen LogP contribution is 2.33. The predicted molar refractivity (Wildman–Crippen MR) is 79.8 cm³/mol. The number of hydrogen-bond acceptors (Lipinski definition) is 1. The van der Waals surface area contributed by atoms with E-state index in [1.54, 1.807) is 0 Å². The summed E-state index contributed by atoms with van der Waals surface area (Å²) in [6.07, 6.45) is 9.12.